The number of amides is 1. The SMILES string of the molecule is CCCCCn1c(SCC(=O)N[C@](C)(C#N)C(C)C)nc2sc3c(c2c1=O)CCC3. The van der Waals surface area contributed by atoms with Crippen LogP contribution < -0.4 is 10.9 Å². The van der Waals surface area contributed by atoms with Gasteiger partial charge in [-0.15, -0.1) is 11.3 Å². The maximum absolute atomic E-state index is 13.3. The normalized spacial score (nSPS) is 15.2. The summed E-state index contributed by atoms with van der Waals surface area (Å²) in [5, 5.41) is 13.7. The van der Waals surface area contributed by atoms with Crippen molar-refractivity contribution < 1.29 is 4.79 Å². The Morgan fingerprint density at radius 1 is 1.40 bits per heavy atom. The van der Waals surface area contributed by atoms with Crippen LogP contribution in [0.25, 0.3) is 10.2 Å². The minimum Gasteiger partial charge on any atom is -0.337 e. The molecule has 1 aliphatic rings. The number of unbranched alkanes of at least 4 members (excludes halogenated alkanes) is 2. The Labute approximate surface area is 186 Å². The van der Waals surface area contributed by atoms with E-state index in [2.05, 4.69) is 18.3 Å². The highest BCUT2D eigenvalue weighted by Gasteiger charge is 2.30. The van der Waals surface area contributed by atoms with Crippen LogP contribution in [0.15, 0.2) is 9.95 Å². The summed E-state index contributed by atoms with van der Waals surface area (Å²) < 4.78 is 1.76. The van der Waals surface area contributed by atoms with E-state index in [9.17, 15) is 14.9 Å². The number of thioether (sulfide) groups is 1. The molecule has 3 rings (SSSR count). The van der Waals surface area contributed by atoms with Crippen LogP contribution >= 0.6 is 23.1 Å². The fraction of sp³-hybridized carbons (Fsp3) is 0.636. The van der Waals surface area contributed by atoms with Crippen molar-refractivity contribution in [2.45, 2.75) is 83.5 Å². The van der Waals surface area contributed by atoms with Crippen LogP contribution in [0.1, 0.15) is 63.8 Å². The summed E-state index contributed by atoms with van der Waals surface area (Å²) in [5.74, 6) is -0.103. The Kier molecular flexibility index (Phi) is 7.25. The largest absolute Gasteiger partial charge is 0.337 e. The average molecular weight is 447 g/mol. The van der Waals surface area contributed by atoms with Gasteiger partial charge in [-0.3, -0.25) is 14.2 Å². The number of hydrogen-bond donors (Lipinski definition) is 1. The topological polar surface area (TPSA) is 87.8 Å². The predicted octanol–water partition coefficient (Wildman–Crippen LogP) is 4.28. The summed E-state index contributed by atoms with van der Waals surface area (Å²) in [4.78, 5) is 32.8. The molecule has 0 aromatic carbocycles. The molecule has 1 atom stereocenters. The first-order valence-corrected chi connectivity index (χ1v) is 12.5. The lowest BCUT2D eigenvalue weighted by atomic mass is 9.90. The van der Waals surface area contributed by atoms with E-state index < -0.39 is 5.54 Å². The van der Waals surface area contributed by atoms with Gasteiger partial charge < -0.3 is 5.32 Å². The second kappa shape index (κ2) is 9.52. The molecule has 0 fully saturated rings. The second-order valence-corrected chi connectivity index (χ2v) is 10.4. The van der Waals surface area contributed by atoms with E-state index in [-0.39, 0.29) is 23.1 Å². The van der Waals surface area contributed by atoms with Crippen molar-refractivity contribution >= 4 is 39.2 Å². The molecule has 0 saturated carbocycles. The summed E-state index contributed by atoms with van der Waals surface area (Å²) >= 11 is 2.91. The molecule has 2 aromatic heterocycles. The van der Waals surface area contributed by atoms with Gasteiger partial charge in [-0.1, -0.05) is 45.4 Å². The molecular weight excluding hydrogens is 416 g/mol. The average Bonchev–Trinajstić information content (AvgIpc) is 3.28. The van der Waals surface area contributed by atoms with Crippen molar-refractivity contribution in [3.8, 4) is 6.07 Å². The number of carbonyl (C=O) groups excluding carboxylic acids is 1. The van der Waals surface area contributed by atoms with Gasteiger partial charge in [0.1, 0.15) is 10.4 Å². The van der Waals surface area contributed by atoms with Crippen molar-refractivity contribution in [2.75, 3.05) is 5.75 Å². The zero-order chi connectivity index (χ0) is 21.9. The summed E-state index contributed by atoms with van der Waals surface area (Å²) in [7, 11) is 0. The Balaban J connectivity index is 1.87. The van der Waals surface area contributed by atoms with Gasteiger partial charge in [0.25, 0.3) is 5.56 Å². The molecule has 2 aromatic rings. The van der Waals surface area contributed by atoms with E-state index in [1.54, 1.807) is 22.8 Å². The standard InChI is InChI=1S/C22H30N4O2S2/c1-5-6-7-11-26-20(28)18-15-9-8-10-16(15)30-19(18)24-21(26)29-12-17(27)25-22(4,13-23)14(2)3/h14H,5-12H2,1-4H3,(H,25,27)/t22-/m1/s1. The number of fused-ring (bicyclic) bond motifs is 3. The van der Waals surface area contributed by atoms with Gasteiger partial charge in [-0.2, -0.15) is 5.26 Å². The number of aromatic nitrogens is 2. The first-order valence-electron chi connectivity index (χ1n) is 10.7. The third kappa shape index (κ3) is 4.57. The van der Waals surface area contributed by atoms with E-state index in [1.807, 2.05) is 13.8 Å². The number of rotatable bonds is 9. The highest BCUT2D eigenvalue weighted by molar-refractivity contribution is 7.99. The lowest BCUT2D eigenvalue weighted by Gasteiger charge is -2.27. The van der Waals surface area contributed by atoms with E-state index in [4.69, 9.17) is 4.98 Å². The molecule has 2 heterocycles. The van der Waals surface area contributed by atoms with Crippen LogP contribution in [-0.2, 0) is 24.2 Å². The number of carbonyl (C=O) groups is 1. The highest BCUT2D eigenvalue weighted by Crippen LogP contribution is 2.35. The first kappa shape index (κ1) is 22.8. The van der Waals surface area contributed by atoms with Gasteiger partial charge in [-0.05, 0) is 44.1 Å². The fourth-order valence-electron chi connectivity index (χ4n) is 3.64. The number of hydrogen-bond acceptors (Lipinski definition) is 6. The molecule has 1 aliphatic carbocycles. The second-order valence-electron chi connectivity index (χ2n) is 8.40. The molecule has 0 spiro atoms. The molecule has 0 aliphatic heterocycles. The molecule has 0 unspecified atom stereocenters. The molecule has 30 heavy (non-hydrogen) atoms. The van der Waals surface area contributed by atoms with Crippen LogP contribution in [-0.4, -0.2) is 26.8 Å². The Bertz CT molecular complexity index is 1030. The third-order valence-corrected chi connectivity index (χ3v) is 8.06. The van der Waals surface area contributed by atoms with Crippen LogP contribution in [0.5, 0.6) is 0 Å². The van der Waals surface area contributed by atoms with E-state index in [0.29, 0.717) is 11.7 Å². The van der Waals surface area contributed by atoms with Crippen LogP contribution in [0.2, 0.25) is 0 Å². The number of aryl methyl sites for hydroxylation is 2. The molecular formula is C22H30N4O2S2. The molecule has 1 amide bonds. The minimum absolute atomic E-state index is 0.00773. The Morgan fingerprint density at radius 2 is 2.17 bits per heavy atom. The molecule has 0 bridgehead atoms. The zero-order valence-electron chi connectivity index (χ0n) is 18.2. The smallest absolute Gasteiger partial charge is 0.263 e. The number of thiophene rings is 1. The number of nitrogens with zero attached hydrogens (tertiary/aromatic N) is 3. The molecule has 8 heteroatoms. The Morgan fingerprint density at radius 3 is 2.83 bits per heavy atom. The summed E-state index contributed by atoms with van der Waals surface area (Å²) in [6.07, 6.45) is 6.12. The minimum atomic E-state index is -0.912. The van der Waals surface area contributed by atoms with Crippen molar-refractivity contribution in [3.63, 3.8) is 0 Å². The maximum atomic E-state index is 13.3. The molecule has 6 nitrogen and oxygen atoms in total. The molecule has 1 N–H and O–H groups in total. The quantitative estimate of drug-likeness (QED) is 0.353. The van der Waals surface area contributed by atoms with Crippen molar-refractivity contribution in [1.29, 1.82) is 5.26 Å². The lowest BCUT2D eigenvalue weighted by molar-refractivity contribution is -0.120. The maximum Gasteiger partial charge on any atom is 0.263 e. The van der Waals surface area contributed by atoms with Crippen molar-refractivity contribution in [2.24, 2.45) is 5.92 Å². The molecule has 0 saturated heterocycles. The summed E-state index contributed by atoms with van der Waals surface area (Å²) in [6, 6.07) is 2.20. The highest BCUT2D eigenvalue weighted by atomic mass is 32.2. The van der Waals surface area contributed by atoms with Crippen LogP contribution in [0.3, 0.4) is 0 Å². The van der Waals surface area contributed by atoms with Crippen LogP contribution in [0, 0.1) is 17.2 Å². The van der Waals surface area contributed by atoms with Gasteiger partial charge in [0.15, 0.2) is 5.16 Å². The summed E-state index contributed by atoms with van der Waals surface area (Å²) in [5.41, 5.74) is 0.305. The van der Waals surface area contributed by atoms with Gasteiger partial charge in [0, 0.05) is 11.4 Å². The fourth-order valence-corrected chi connectivity index (χ4v) is 5.77. The summed E-state index contributed by atoms with van der Waals surface area (Å²) in [6.45, 7) is 8.31. The first-order chi connectivity index (χ1) is 14.3. The lowest BCUT2D eigenvalue weighted by Crippen LogP contribution is -2.49. The van der Waals surface area contributed by atoms with Gasteiger partial charge in [-0.25, -0.2) is 4.98 Å². The monoisotopic (exact) mass is 446 g/mol. The van der Waals surface area contributed by atoms with Gasteiger partial charge in [0.2, 0.25) is 5.91 Å². The Hall–Kier alpha value is -1.85. The van der Waals surface area contributed by atoms with Crippen LogP contribution in [0.4, 0.5) is 0 Å². The third-order valence-electron chi connectivity index (χ3n) is 5.89. The van der Waals surface area contributed by atoms with E-state index in [1.165, 1.54) is 22.2 Å². The molecule has 0 radical (unpaired) electrons. The zero-order valence-corrected chi connectivity index (χ0v) is 19.8. The van der Waals surface area contributed by atoms with Gasteiger partial charge in [0.05, 0.1) is 17.2 Å². The van der Waals surface area contributed by atoms with Crippen molar-refractivity contribution in [3.05, 3.63) is 20.8 Å². The molecule has 162 valence electrons. The number of nitrogens with one attached hydrogen (secondary N) is 1. The van der Waals surface area contributed by atoms with E-state index in [0.717, 1.165) is 48.7 Å². The van der Waals surface area contributed by atoms with Gasteiger partial charge >= 0.3 is 0 Å². The van der Waals surface area contributed by atoms with E-state index >= 15 is 0 Å². The number of nitriles is 1. The van der Waals surface area contributed by atoms with Crippen molar-refractivity contribution in [1.82, 2.24) is 14.9 Å². The predicted molar refractivity (Wildman–Crippen MR) is 123 cm³/mol.